The zero-order valence-electron chi connectivity index (χ0n) is 24.1. The van der Waals surface area contributed by atoms with Crippen LogP contribution in [-0.4, -0.2) is 82.7 Å². The highest BCUT2D eigenvalue weighted by atomic mass is 16.5. The van der Waals surface area contributed by atoms with Gasteiger partial charge in [0.25, 0.3) is 0 Å². The van der Waals surface area contributed by atoms with Crippen LogP contribution in [0.2, 0.25) is 0 Å². The Balaban J connectivity index is 1.14. The molecule has 0 aromatic carbocycles. The molecule has 2 saturated heterocycles. The van der Waals surface area contributed by atoms with Crippen molar-refractivity contribution in [3.05, 3.63) is 53.4 Å². The lowest BCUT2D eigenvalue weighted by Crippen LogP contribution is -2.57. The van der Waals surface area contributed by atoms with Gasteiger partial charge in [0.15, 0.2) is 0 Å². The summed E-state index contributed by atoms with van der Waals surface area (Å²) in [6.45, 7) is 16.7. The standard InChI is InChI=1S/C33H48N4O/c1-24-5-6-28(36-19-17-35(4)18-20-36)21-32(24)13-14-33(38-32)25(2)9-12-31(3)29(33)7-8-30(31)37-16-11-26-10-15-34-22-27(26)23-37/h9-10,15,22,28-30H,1,5-8,11-14,16-21,23H2,2-4H3/t28?,29-,30+,31+,32-,33-/m1/s1. The van der Waals surface area contributed by atoms with Crippen molar-refractivity contribution in [2.75, 3.05) is 39.8 Å². The maximum Gasteiger partial charge on any atom is 0.0935 e. The third kappa shape index (κ3) is 3.83. The molecular formula is C33H48N4O. The molecule has 0 amide bonds. The summed E-state index contributed by atoms with van der Waals surface area (Å²) in [5, 5.41) is 0. The van der Waals surface area contributed by atoms with Gasteiger partial charge in [0.1, 0.15) is 0 Å². The van der Waals surface area contributed by atoms with Crippen LogP contribution in [0.4, 0.5) is 0 Å². The monoisotopic (exact) mass is 516 g/mol. The molecule has 2 spiro atoms. The van der Waals surface area contributed by atoms with Crippen molar-refractivity contribution in [1.29, 1.82) is 0 Å². The van der Waals surface area contributed by atoms with Gasteiger partial charge < -0.3 is 9.64 Å². The second kappa shape index (κ2) is 9.26. The molecule has 38 heavy (non-hydrogen) atoms. The summed E-state index contributed by atoms with van der Waals surface area (Å²) >= 11 is 0. The molecule has 0 radical (unpaired) electrons. The van der Waals surface area contributed by atoms with Crippen molar-refractivity contribution in [2.24, 2.45) is 11.3 Å². The molecule has 3 aliphatic carbocycles. The fourth-order valence-corrected chi connectivity index (χ4v) is 9.80. The first-order valence-corrected chi connectivity index (χ1v) is 15.5. The van der Waals surface area contributed by atoms with Crippen LogP contribution in [-0.2, 0) is 17.7 Å². The molecular weight excluding hydrogens is 468 g/mol. The largest absolute Gasteiger partial charge is 0.359 e. The Morgan fingerprint density at radius 2 is 1.84 bits per heavy atom. The van der Waals surface area contributed by atoms with Crippen molar-refractivity contribution in [3.8, 4) is 0 Å². The molecule has 1 aromatic heterocycles. The topological polar surface area (TPSA) is 31.8 Å². The zero-order valence-corrected chi connectivity index (χ0v) is 24.1. The SMILES string of the molecule is C=C1CCC(N2CCN(C)CC2)C[C@]12CC[C@@]1(O2)C(C)=CC[C@]2(C)[C@@H](N3CCc4ccncc4C3)CC[C@H]21. The number of allylic oxidation sites excluding steroid dienone is 1. The van der Waals surface area contributed by atoms with Gasteiger partial charge in [0.05, 0.1) is 11.2 Å². The lowest BCUT2D eigenvalue weighted by atomic mass is 9.60. The van der Waals surface area contributed by atoms with E-state index in [1.54, 1.807) is 0 Å². The molecule has 4 heterocycles. The van der Waals surface area contributed by atoms with Gasteiger partial charge >= 0.3 is 0 Å². The number of piperazine rings is 1. The molecule has 2 saturated carbocycles. The average molecular weight is 517 g/mol. The average Bonchev–Trinajstić information content (AvgIpc) is 3.49. The lowest BCUT2D eigenvalue weighted by molar-refractivity contribution is -0.141. The first-order valence-electron chi connectivity index (χ1n) is 15.5. The third-order valence-electron chi connectivity index (χ3n) is 12.2. The van der Waals surface area contributed by atoms with Crippen LogP contribution in [0.15, 0.2) is 42.3 Å². The van der Waals surface area contributed by atoms with Crippen LogP contribution in [0.3, 0.4) is 0 Å². The number of likely N-dealkylation sites (N-methyl/N-ethyl adjacent to an activating group) is 1. The van der Waals surface area contributed by atoms with E-state index >= 15 is 0 Å². The summed E-state index contributed by atoms with van der Waals surface area (Å²) in [4.78, 5) is 12.5. The molecule has 7 rings (SSSR count). The van der Waals surface area contributed by atoms with Crippen molar-refractivity contribution in [1.82, 2.24) is 19.7 Å². The summed E-state index contributed by atoms with van der Waals surface area (Å²) in [6, 6.07) is 3.49. The molecule has 206 valence electrons. The maximum absolute atomic E-state index is 7.62. The predicted molar refractivity (Wildman–Crippen MR) is 153 cm³/mol. The van der Waals surface area contributed by atoms with Gasteiger partial charge in [-0.25, -0.2) is 0 Å². The quantitative estimate of drug-likeness (QED) is 0.503. The number of nitrogens with zero attached hydrogens (tertiary/aromatic N) is 4. The minimum atomic E-state index is -0.132. The van der Waals surface area contributed by atoms with Gasteiger partial charge in [0.2, 0.25) is 0 Å². The van der Waals surface area contributed by atoms with Gasteiger partial charge in [-0.3, -0.25) is 14.8 Å². The van der Waals surface area contributed by atoms with E-state index in [4.69, 9.17) is 4.74 Å². The molecule has 5 heteroatoms. The Morgan fingerprint density at radius 3 is 2.68 bits per heavy atom. The van der Waals surface area contributed by atoms with Gasteiger partial charge in [-0.2, -0.15) is 0 Å². The minimum absolute atomic E-state index is 0.107. The first-order chi connectivity index (χ1) is 18.3. The van der Waals surface area contributed by atoms with Crippen molar-refractivity contribution in [3.63, 3.8) is 0 Å². The van der Waals surface area contributed by atoms with E-state index in [-0.39, 0.29) is 16.6 Å². The predicted octanol–water partition coefficient (Wildman–Crippen LogP) is 5.22. The number of hydrogen-bond donors (Lipinski definition) is 0. The van der Waals surface area contributed by atoms with E-state index in [2.05, 4.69) is 65.5 Å². The van der Waals surface area contributed by atoms with Gasteiger partial charge in [-0.05, 0) is 111 Å². The second-order valence-corrected chi connectivity index (χ2v) is 13.9. The van der Waals surface area contributed by atoms with E-state index in [1.807, 2.05) is 6.20 Å². The minimum Gasteiger partial charge on any atom is -0.359 e. The van der Waals surface area contributed by atoms with E-state index in [0.717, 1.165) is 32.2 Å². The van der Waals surface area contributed by atoms with E-state index < -0.39 is 0 Å². The van der Waals surface area contributed by atoms with Crippen LogP contribution >= 0.6 is 0 Å². The highest BCUT2D eigenvalue weighted by molar-refractivity contribution is 5.34. The second-order valence-electron chi connectivity index (χ2n) is 13.9. The fourth-order valence-electron chi connectivity index (χ4n) is 9.80. The molecule has 0 N–H and O–H groups in total. The Labute approximate surface area is 230 Å². The first kappa shape index (κ1) is 25.4. The fraction of sp³-hybridized carbons (Fsp3) is 0.727. The van der Waals surface area contributed by atoms with Crippen LogP contribution < -0.4 is 0 Å². The van der Waals surface area contributed by atoms with E-state index in [9.17, 15) is 0 Å². The van der Waals surface area contributed by atoms with Crippen LogP contribution in [0, 0.1) is 11.3 Å². The number of hydrogen-bond acceptors (Lipinski definition) is 5. The molecule has 3 aliphatic heterocycles. The lowest BCUT2D eigenvalue weighted by Gasteiger charge is -2.54. The number of aromatic nitrogens is 1. The molecule has 6 aliphatic rings. The van der Waals surface area contributed by atoms with Gasteiger partial charge in [0, 0.05) is 63.7 Å². The highest BCUT2D eigenvalue weighted by Crippen LogP contribution is 2.64. The van der Waals surface area contributed by atoms with Crippen molar-refractivity contribution < 1.29 is 4.74 Å². The number of pyridine rings is 1. The van der Waals surface area contributed by atoms with Crippen molar-refractivity contribution in [2.45, 2.75) is 101 Å². The molecule has 0 bridgehead atoms. The number of rotatable bonds is 2. The molecule has 6 atom stereocenters. The van der Waals surface area contributed by atoms with Crippen molar-refractivity contribution >= 4 is 0 Å². The van der Waals surface area contributed by atoms with Crippen LogP contribution in [0.1, 0.15) is 76.3 Å². The maximum atomic E-state index is 7.62. The van der Waals surface area contributed by atoms with Crippen LogP contribution in [0.5, 0.6) is 0 Å². The van der Waals surface area contributed by atoms with Gasteiger partial charge in [-0.15, -0.1) is 0 Å². The molecule has 4 fully saturated rings. The van der Waals surface area contributed by atoms with Crippen LogP contribution in [0.25, 0.3) is 0 Å². The highest BCUT2D eigenvalue weighted by Gasteiger charge is 2.64. The summed E-state index contributed by atoms with van der Waals surface area (Å²) in [6.07, 6.45) is 17.4. The molecule has 1 aromatic rings. The molecule has 5 nitrogen and oxygen atoms in total. The third-order valence-corrected chi connectivity index (χ3v) is 12.2. The summed E-state index contributed by atoms with van der Waals surface area (Å²) in [5.74, 6) is 0.594. The van der Waals surface area contributed by atoms with Gasteiger partial charge in [-0.1, -0.05) is 19.6 Å². The Bertz CT molecular complexity index is 1120. The molecule has 1 unspecified atom stereocenters. The summed E-state index contributed by atoms with van der Waals surface area (Å²) < 4.78 is 7.62. The normalized spacial score (nSPS) is 42.4. The number of fused-ring (bicyclic) bond motifs is 3. The Hall–Kier alpha value is -1.53. The van der Waals surface area contributed by atoms with E-state index in [0.29, 0.717) is 18.0 Å². The Morgan fingerprint density at radius 1 is 1.00 bits per heavy atom. The number of ether oxygens (including phenoxy) is 1. The summed E-state index contributed by atoms with van der Waals surface area (Å²) in [5.41, 5.74) is 5.86. The summed E-state index contributed by atoms with van der Waals surface area (Å²) in [7, 11) is 2.26. The van der Waals surface area contributed by atoms with E-state index in [1.165, 1.54) is 87.1 Å². The Kier molecular flexibility index (Phi) is 6.20. The zero-order chi connectivity index (χ0) is 26.1. The smallest absolute Gasteiger partial charge is 0.0935 e.